The van der Waals surface area contributed by atoms with Crippen LogP contribution in [-0.2, 0) is 9.59 Å². The third-order valence-electron chi connectivity index (χ3n) is 4.40. The number of para-hydroxylation sites is 1. The van der Waals surface area contributed by atoms with Crippen molar-refractivity contribution in [3.05, 3.63) is 29.3 Å². The van der Waals surface area contributed by atoms with E-state index in [1.165, 1.54) is 0 Å². The molecule has 1 heterocycles. The predicted molar refractivity (Wildman–Crippen MR) is 101 cm³/mol. The van der Waals surface area contributed by atoms with Crippen LogP contribution in [0.3, 0.4) is 0 Å². The van der Waals surface area contributed by atoms with Crippen LogP contribution in [0.15, 0.2) is 24.3 Å². The first-order chi connectivity index (χ1) is 11.7. The largest absolute Gasteiger partial charge is 0.339 e. The maximum Gasteiger partial charge on any atom is 0.240 e. The number of carbonyl (C=O) groups is 2. The number of halogens is 1. The smallest absolute Gasteiger partial charge is 0.240 e. The number of hydrogen-bond acceptors (Lipinski definition) is 4. The van der Waals surface area contributed by atoms with Crippen LogP contribution in [0.1, 0.15) is 20.8 Å². The molecule has 7 heteroatoms. The van der Waals surface area contributed by atoms with Crippen molar-refractivity contribution in [1.82, 2.24) is 9.80 Å². The lowest BCUT2D eigenvalue weighted by molar-refractivity contribution is -0.136. The Labute approximate surface area is 154 Å². The second-order valence-electron chi connectivity index (χ2n) is 7.47. The fourth-order valence-electron chi connectivity index (χ4n) is 2.65. The number of amides is 2. The first-order valence-corrected chi connectivity index (χ1v) is 8.87. The lowest BCUT2D eigenvalue weighted by atomic mass is 9.86. The molecule has 1 aliphatic heterocycles. The Morgan fingerprint density at radius 3 is 2.36 bits per heavy atom. The molecule has 0 saturated carbocycles. The zero-order valence-corrected chi connectivity index (χ0v) is 15.8. The fraction of sp³-hybridized carbons (Fsp3) is 0.556. The van der Waals surface area contributed by atoms with Gasteiger partial charge in [-0.05, 0) is 17.5 Å². The van der Waals surface area contributed by atoms with Crippen molar-refractivity contribution in [1.29, 1.82) is 0 Å². The van der Waals surface area contributed by atoms with Crippen LogP contribution in [0, 0.1) is 5.41 Å². The summed E-state index contributed by atoms with van der Waals surface area (Å²) >= 11 is 6.05. The molecule has 138 valence electrons. The molecule has 1 saturated heterocycles. The zero-order valence-electron chi connectivity index (χ0n) is 15.1. The Kier molecular flexibility index (Phi) is 6.43. The van der Waals surface area contributed by atoms with Crippen LogP contribution in [0.5, 0.6) is 0 Å². The van der Waals surface area contributed by atoms with Crippen molar-refractivity contribution in [2.45, 2.75) is 26.8 Å². The Balaban J connectivity index is 1.81. The lowest BCUT2D eigenvalue weighted by Gasteiger charge is -2.37. The highest BCUT2D eigenvalue weighted by molar-refractivity contribution is 6.33. The van der Waals surface area contributed by atoms with Crippen LogP contribution in [-0.4, -0.2) is 60.4 Å². The Morgan fingerprint density at radius 1 is 1.20 bits per heavy atom. The van der Waals surface area contributed by atoms with Gasteiger partial charge in [0, 0.05) is 26.2 Å². The van der Waals surface area contributed by atoms with E-state index in [2.05, 4.69) is 5.32 Å². The van der Waals surface area contributed by atoms with E-state index in [9.17, 15) is 9.59 Å². The number of nitrogens with two attached hydrogens (primary N) is 1. The molecule has 2 rings (SSSR count). The molecular weight excluding hydrogens is 340 g/mol. The molecule has 25 heavy (non-hydrogen) atoms. The molecule has 0 radical (unpaired) electrons. The number of hydrogen-bond donors (Lipinski definition) is 2. The number of benzene rings is 1. The monoisotopic (exact) mass is 366 g/mol. The molecule has 0 aliphatic carbocycles. The van der Waals surface area contributed by atoms with Gasteiger partial charge in [0.1, 0.15) is 0 Å². The molecule has 1 atom stereocenters. The van der Waals surface area contributed by atoms with Crippen molar-refractivity contribution in [2.24, 2.45) is 11.1 Å². The first-order valence-electron chi connectivity index (χ1n) is 8.49. The summed E-state index contributed by atoms with van der Waals surface area (Å²) in [5.74, 6) is -0.132. The van der Waals surface area contributed by atoms with E-state index in [0.717, 1.165) is 0 Å². The molecule has 1 aliphatic rings. The van der Waals surface area contributed by atoms with Gasteiger partial charge in [-0.1, -0.05) is 44.5 Å². The topological polar surface area (TPSA) is 78.7 Å². The van der Waals surface area contributed by atoms with Crippen LogP contribution < -0.4 is 11.1 Å². The van der Waals surface area contributed by atoms with Crippen LogP contribution in [0.25, 0.3) is 0 Å². The standard InChI is InChI=1S/C18H27ClN4O2/c1-18(2,3)16(20)17(25)23-10-8-22(9-11-23)12-15(24)21-14-7-5-4-6-13(14)19/h4-7,16H,8-12,20H2,1-3H3,(H,21,24)/t16-/m1/s1. The average molecular weight is 367 g/mol. The second-order valence-corrected chi connectivity index (χ2v) is 7.88. The third-order valence-corrected chi connectivity index (χ3v) is 4.73. The molecule has 6 nitrogen and oxygen atoms in total. The minimum atomic E-state index is -0.512. The quantitative estimate of drug-likeness (QED) is 0.851. The number of rotatable bonds is 4. The summed E-state index contributed by atoms with van der Waals surface area (Å²) in [7, 11) is 0. The molecule has 0 aromatic heterocycles. The number of piperazine rings is 1. The van der Waals surface area contributed by atoms with Crippen LogP contribution >= 0.6 is 11.6 Å². The number of anilines is 1. The van der Waals surface area contributed by atoms with Gasteiger partial charge in [-0.15, -0.1) is 0 Å². The van der Waals surface area contributed by atoms with Crippen molar-refractivity contribution >= 4 is 29.1 Å². The molecule has 0 spiro atoms. The summed E-state index contributed by atoms with van der Waals surface area (Å²) in [5, 5.41) is 3.33. The number of nitrogens with one attached hydrogen (secondary N) is 1. The van der Waals surface area contributed by atoms with Crippen molar-refractivity contribution < 1.29 is 9.59 Å². The maximum atomic E-state index is 12.4. The predicted octanol–water partition coefficient (Wildman–Crippen LogP) is 1.80. The summed E-state index contributed by atoms with van der Waals surface area (Å²) in [6.45, 7) is 8.64. The van der Waals surface area contributed by atoms with Crippen LogP contribution in [0.4, 0.5) is 5.69 Å². The van der Waals surface area contributed by atoms with E-state index in [4.69, 9.17) is 17.3 Å². The van der Waals surface area contributed by atoms with Gasteiger partial charge in [0.15, 0.2) is 0 Å². The van der Waals surface area contributed by atoms with Crippen molar-refractivity contribution in [3.8, 4) is 0 Å². The van der Waals surface area contributed by atoms with Crippen LogP contribution in [0.2, 0.25) is 5.02 Å². The molecule has 2 amide bonds. The van der Waals surface area contributed by atoms with Gasteiger partial charge in [0.05, 0.1) is 23.3 Å². The molecule has 1 aromatic carbocycles. The summed E-state index contributed by atoms with van der Waals surface area (Å²) in [6, 6.07) is 6.63. The first kappa shape index (κ1) is 19.7. The molecular formula is C18H27ClN4O2. The van der Waals surface area contributed by atoms with Gasteiger partial charge < -0.3 is 16.0 Å². The second kappa shape index (κ2) is 8.17. The van der Waals surface area contributed by atoms with Crippen molar-refractivity contribution in [2.75, 3.05) is 38.0 Å². The molecule has 3 N–H and O–H groups in total. The molecule has 1 fully saturated rings. The van der Waals surface area contributed by atoms with Gasteiger partial charge in [-0.25, -0.2) is 0 Å². The maximum absolute atomic E-state index is 12.4. The fourth-order valence-corrected chi connectivity index (χ4v) is 2.83. The van der Waals surface area contributed by atoms with Gasteiger partial charge >= 0.3 is 0 Å². The van der Waals surface area contributed by atoms with E-state index >= 15 is 0 Å². The third kappa shape index (κ3) is 5.42. The SMILES string of the molecule is CC(C)(C)[C@H](N)C(=O)N1CCN(CC(=O)Nc2ccccc2Cl)CC1. The minimum Gasteiger partial charge on any atom is -0.339 e. The van der Waals surface area contributed by atoms with Gasteiger partial charge in [0.25, 0.3) is 0 Å². The highest BCUT2D eigenvalue weighted by Gasteiger charge is 2.32. The highest BCUT2D eigenvalue weighted by Crippen LogP contribution is 2.21. The Bertz CT molecular complexity index is 622. The molecule has 0 bridgehead atoms. The Hall–Kier alpha value is -1.63. The lowest BCUT2D eigenvalue weighted by Crippen LogP contribution is -2.56. The van der Waals surface area contributed by atoms with Crippen molar-refractivity contribution in [3.63, 3.8) is 0 Å². The van der Waals surface area contributed by atoms with E-state index in [-0.39, 0.29) is 23.8 Å². The summed E-state index contributed by atoms with van der Waals surface area (Å²) in [4.78, 5) is 28.4. The van der Waals surface area contributed by atoms with Gasteiger partial charge in [-0.2, -0.15) is 0 Å². The van der Waals surface area contributed by atoms with E-state index in [1.807, 2.05) is 37.8 Å². The van der Waals surface area contributed by atoms with E-state index in [1.54, 1.807) is 17.0 Å². The molecule has 0 unspecified atom stereocenters. The van der Waals surface area contributed by atoms with E-state index < -0.39 is 6.04 Å². The summed E-state index contributed by atoms with van der Waals surface area (Å²) in [5.41, 5.74) is 6.41. The van der Waals surface area contributed by atoms with Gasteiger partial charge in [-0.3, -0.25) is 14.5 Å². The van der Waals surface area contributed by atoms with Gasteiger partial charge in [0.2, 0.25) is 11.8 Å². The Morgan fingerprint density at radius 2 is 1.80 bits per heavy atom. The summed E-state index contributed by atoms with van der Waals surface area (Å²) in [6.07, 6.45) is 0. The summed E-state index contributed by atoms with van der Waals surface area (Å²) < 4.78 is 0. The minimum absolute atomic E-state index is 0.0207. The average Bonchev–Trinajstić information content (AvgIpc) is 2.55. The molecule has 1 aromatic rings. The number of nitrogens with zero attached hydrogens (tertiary/aromatic N) is 2. The normalized spacial score (nSPS) is 17.2. The zero-order chi connectivity index (χ0) is 18.6. The van der Waals surface area contributed by atoms with E-state index in [0.29, 0.717) is 36.9 Å². The number of carbonyl (C=O) groups excluding carboxylic acids is 2. The highest BCUT2D eigenvalue weighted by atomic mass is 35.5.